The third-order valence-corrected chi connectivity index (χ3v) is 2.82. The molecule has 0 aromatic heterocycles. The highest BCUT2D eigenvalue weighted by Crippen LogP contribution is 2.25. The summed E-state index contributed by atoms with van der Waals surface area (Å²) in [6, 6.07) is 3.43. The van der Waals surface area contributed by atoms with Gasteiger partial charge >= 0.3 is 12.1 Å². The van der Waals surface area contributed by atoms with Crippen molar-refractivity contribution < 1.29 is 32.4 Å². The van der Waals surface area contributed by atoms with Gasteiger partial charge in [-0.2, -0.15) is 13.2 Å². The largest absolute Gasteiger partial charge is 0.449 e. The minimum Gasteiger partial charge on any atom is -0.449 e. The normalized spacial score (nSPS) is 12.2. The van der Waals surface area contributed by atoms with E-state index in [4.69, 9.17) is 4.74 Å². The van der Waals surface area contributed by atoms with Gasteiger partial charge in [-0.05, 0) is 19.1 Å². The van der Waals surface area contributed by atoms with E-state index in [9.17, 15) is 32.9 Å². The van der Waals surface area contributed by atoms with Crippen LogP contribution in [0.4, 0.5) is 24.5 Å². The number of nitrogens with one attached hydrogen (secondary N) is 2. The zero-order valence-corrected chi connectivity index (χ0v) is 12.6. The number of nitrogens with zero attached hydrogens (tertiary/aromatic N) is 1. The molecule has 0 aliphatic heterocycles. The summed E-state index contributed by atoms with van der Waals surface area (Å²) in [6.45, 7) is -0.476. The van der Waals surface area contributed by atoms with Gasteiger partial charge < -0.3 is 15.4 Å². The lowest BCUT2D eigenvalue weighted by Crippen LogP contribution is -2.40. The number of hydrogen-bond acceptors (Lipinski definition) is 6. The van der Waals surface area contributed by atoms with Crippen molar-refractivity contribution in [1.29, 1.82) is 0 Å². The Labute approximate surface area is 134 Å². The van der Waals surface area contributed by atoms with Gasteiger partial charge in [-0.3, -0.25) is 14.9 Å². The van der Waals surface area contributed by atoms with Crippen LogP contribution in [-0.4, -0.2) is 42.7 Å². The predicted octanol–water partition coefficient (Wildman–Crippen LogP) is 1.86. The molecular formula is C13H14F3N3O5. The number of carbonyl (C=O) groups is 2. The minimum absolute atomic E-state index is 0.160. The fourth-order valence-corrected chi connectivity index (χ4v) is 1.63. The molecule has 1 atom stereocenters. The zero-order chi connectivity index (χ0) is 18.5. The Hall–Kier alpha value is -2.85. The second-order valence-corrected chi connectivity index (χ2v) is 4.62. The van der Waals surface area contributed by atoms with Gasteiger partial charge in [0.1, 0.15) is 12.2 Å². The maximum absolute atomic E-state index is 12.0. The summed E-state index contributed by atoms with van der Waals surface area (Å²) in [4.78, 5) is 33.5. The average molecular weight is 349 g/mol. The molecule has 0 heterocycles. The molecule has 2 N–H and O–H groups in total. The highest BCUT2D eigenvalue weighted by atomic mass is 19.4. The summed E-state index contributed by atoms with van der Waals surface area (Å²) < 4.78 is 40.7. The zero-order valence-electron chi connectivity index (χ0n) is 12.6. The number of nitro benzene ring substituents is 1. The van der Waals surface area contributed by atoms with E-state index in [0.29, 0.717) is 0 Å². The highest BCUT2D eigenvalue weighted by Gasteiger charge is 2.29. The van der Waals surface area contributed by atoms with Gasteiger partial charge in [-0.15, -0.1) is 0 Å². The molecule has 0 fully saturated rings. The molecule has 1 aromatic rings. The van der Waals surface area contributed by atoms with Crippen LogP contribution in [0.1, 0.15) is 17.3 Å². The van der Waals surface area contributed by atoms with Gasteiger partial charge in [-0.25, -0.2) is 4.79 Å². The lowest BCUT2D eigenvalue weighted by Gasteiger charge is -2.14. The molecule has 1 unspecified atom stereocenters. The first kappa shape index (κ1) is 19.2. The molecule has 132 valence electrons. The standard InChI is InChI=1S/C13H14F3N3O5/c1-7(11(20)18-6-13(14,15)16)24-12(21)8-3-4-9(17-2)10(5-8)19(22)23/h3-5,7,17H,6H2,1-2H3,(H,18,20). The molecule has 0 aliphatic carbocycles. The fraction of sp³-hybridized carbons (Fsp3) is 0.385. The Kier molecular flexibility index (Phi) is 6.09. The number of ether oxygens (including phenoxy) is 1. The smallest absolute Gasteiger partial charge is 0.405 e. The number of alkyl halides is 3. The van der Waals surface area contributed by atoms with E-state index < -0.39 is 35.6 Å². The molecule has 0 aliphatic rings. The molecular weight excluding hydrogens is 335 g/mol. The molecule has 0 saturated carbocycles. The number of carbonyl (C=O) groups excluding carboxylic acids is 2. The summed E-state index contributed by atoms with van der Waals surface area (Å²) in [5.41, 5.74) is -0.440. The second-order valence-electron chi connectivity index (χ2n) is 4.62. The molecule has 1 amide bonds. The number of esters is 1. The first-order chi connectivity index (χ1) is 11.0. The summed E-state index contributed by atoms with van der Waals surface area (Å²) in [5.74, 6) is -2.21. The maximum Gasteiger partial charge on any atom is 0.405 e. The van der Waals surface area contributed by atoms with Gasteiger partial charge in [0, 0.05) is 13.1 Å². The van der Waals surface area contributed by atoms with Crippen molar-refractivity contribution in [3.63, 3.8) is 0 Å². The second kappa shape index (κ2) is 7.62. The number of rotatable bonds is 6. The molecule has 11 heteroatoms. The van der Waals surface area contributed by atoms with Crippen LogP contribution in [0.3, 0.4) is 0 Å². The van der Waals surface area contributed by atoms with Crippen LogP contribution in [0.15, 0.2) is 18.2 Å². The lowest BCUT2D eigenvalue weighted by atomic mass is 10.1. The lowest BCUT2D eigenvalue weighted by molar-refractivity contribution is -0.384. The fourth-order valence-electron chi connectivity index (χ4n) is 1.63. The molecule has 1 rings (SSSR count). The van der Waals surface area contributed by atoms with Crippen molar-refractivity contribution in [3.05, 3.63) is 33.9 Å². The number of anilines is 1. The van der Waals surface area contributed by atoms with Crippen molar-refractivity contribution in [2.45, 2.75) is 19.2 Å². The minimum atomic E-state index is -4.59. The molecule has 0 bridgehead atoms. The third-order valence-electron chi connectivity index (χ3n) is 2.82. The van der Waals surface area contributed by atoms with Crippen LogP contribution < -0.4 is 10.6 Å². The van der Waals surface area contributed by atoms with Gasteiger partial charge in [0.15, 0.2) is 6.10 Å². The summed E-state index contributed by atoms with van der Waals surface area (Å²) in [7, 11) is 1.45. The van der Waals surface area contributed by atoms with Gasteiger partial charge in [0.2, 0.25) is 0 Å². The first-order valence-corrected chi connectivity index (χ1v) is 6.56. The Balaban J connectivity index is 2.79. The quantitative estimate of drug-likeness (QED) is 0.461. The van der Waals surface area contributed by atoms with E-state index in [1.165, 1.54) is 19.2 Å². The average Bonchev–Trinajstić information content (AvgIpc) is 2.50. The SMILES string of the molecule is CNc1ccc(C(=O)OC(C)C(=O)NCC(F)(F)F)cc1[N+](=O)[O-]. The van der Waals surface area contributed by atoms with Crippen LogP contribution in [0, 0.1) is 10.1 Å². The van der Waals surface area contributed by atoms with E-state index in [1.54, 1.807) is 5.32 Å². The van der Waals surface area contributed by atoms with Gasteiger partial charge in [-0.1, -0.05) is 0 Å². The van der Waals surface area contributed by atoms with E-state index in [1.807, 2.05) is 0 Å². The monoisotopic (exact) mass is 349 g/mol. The third kappa shape index (κ3) is 5.41. The van der Waals surface area contributed by atoms with E-state index in [0.717, 1.165) is 13.0 Å². The molecule has 8 nitrogen and oxygen atoms in total. The highest BCUT2D eigenvalue weighted by molar-refractivity contribution is 5.93. The summed E-state index contributed by atoms with van der Waals surface area (Å²) in [6.07, 6.45) is -6.09. The molecule has 1 aromatic carbocycles. The van der Waals surface area contributed by atoms with E-state index >= 15 is 0 Å². The Morgan fingerprint density at radius 2 is 2.00 bits per heavy atom. The van der Waals surface area contributed by atoms with Crippen molar-refractivity contribution in [3.8, 4) is 0 Å². The first-order valence-electron chi connectivity index (χ1n) is 6.56. The van der Waals surface area contributed by atoms with Crippen LogP contribution >= 0.6 is 0 Å². The van der Waals surface area contributed by atoms with Crippen LogP contribution in [-0.2, 0) is 9.53 Å². The molecule has 0 spiro atoms. The number of hydrogen-bond donors (Lipinski definition) is 2. The van der Waals surface area contributed by atoms with Crippen molar-refractivity contribution >= 4 is 23.3 Å². The topological polar surface area (TPSA) is 111 Å². The predicted molar refractivity (Wildman–Crippen MR) is 76.6 cm³/mol. The number of nitro groups is 1. The number of benzene rings is 1. The van der Waals surface area contributed by atoms with Gasteiger partial charge in [0.25, 0.3) is 11.6 Å². The molecule has 0 radical (unpaired) electrons. The van der Waals surface area contributed by atoms with Crippen LogP contribution in [0.25, 0.3) is 0 Å². The Morgan fingerprint density at radius 3 is 2.50 bits per heavy atom. The molecule has 24 heavy (non-hydrogen) atoms. The molecule has 0 saturated heterocycles. The van der Waals surface area contributed by atoms with Crippen LogP contribution in [0.2, 0.25) is 0 Å². The van der Waals surface area contributed by atoms with Crippen LogP contribution in [0.5, 0.6) is 0 Å². The summed E-state index contributed by atoms with van der Waals surface area (Å²) in [5, 5.41) is 15.0. The number of amides is 1. The van der Waals surface area contributed by atoms with E-state index in [-0.39, 0.29) is 16.9 Å². The van der Waals surface area contributed by atoms with Crippen molar-refractivity contribution in [2.75, 3.05) is 18.9 Å². The van der Waals surface area contributed by atoms with E-state index in [2.05, 4.69) is 5.32 Å². The van der Waals surface area contributed by atoms with Gasteiger partial charge in [0.05, 0.1) is 10.5 Å². The Morgan fingerprint density at radius 1 is 1.38 bits per heavy atom. The summed E-state index contributed by atoms with van der Waals surface area (Å²) >= 11 is 0. The van der Waals surface area contributed by atoms with Crippen molar-refractivity contribution in [1.82, 2.24) is 5.32 Å². The maximum atomic E-state index is 12.0. The number of halogens is 3. The Bertz CT molecular complexity index is 648. The van der Waals surface area contributed by atoms with Crippen molar-refractivity contribution in [2.24, 2.45) is 0 Å².